The fourth-order valence-electron chi connectivity index (χ4n) is 2.90. The van der Waals surface area contributed by atoms with Crippen molar-refractivity contribution in [3.63, 3.8) is 0 Å². The van der Waals surface area contributed by atoms with Crippen LogP contribution in [0.3, 0.4) is 0 Å². The normalized spacial score (nSPS) is 24.2. The second-order valence-electron chi connectivity index (χ2n) is 5.75. The van der Waals surface area contributed by atoms with E-state index in [-0.39, 0.29) is 56.1 Å². The van der Waals surface area contributed by atoms with Crippen LogP contribution >= 0.6 is 0 Å². The highest BCUT2D eigenvalue weighted by molar-refractivity contribution is 7.88. The number of hydrogen-bond acceptors (Lipinski definition) is 5. The van der Waals surface area contributed by atoms with Crippen LogP contribution in [0.25, 0.3) is 0 Å². The summed E-state index contributed by atoms with van der Waals surface area (Å²) in [4.78, 5) is 37.9. The predicted octanol–water partition coefficient (Wildman–Crippen LogP) is -0.982. The summed E-state index contributed by atoms with van der Waals surface area (Å²) in [6.45, 7) is 2.80. The molecule has 2 saturated heterocycles. The van der Waals surface area contributed by atoms with E-state index in [0.717, 1.165) is 11.2 Å². The van der Waals surface area contributed by atoms with Crippen molar-refractivity contribution >= 4 is 27.7 Å². The fourth-order valence-corrected chi connectivity index (χ4v) is 4.03. The SMILES string of the molecule is C[C@H]1CN(C(=O)CCN2C(=O)CCC2=O)CCN1S(C)(=O)=O. The van der Waals surface area contributed by atoms with Crippen molar-refractivity contribution in [1.29, 1.82) is 0 Å². The number of carbonyl (C=O) groups is 3. The zero-order valence-corrected chi connectivity index (χ0v) is 13.6. The molecule has 2 fully saturated rings. The number of piperazine rings is 1. The Morgan fingerprint density at radius 2 is 1.77 bits per heavy atom. The molecular formula is C13H21N3O5S. The summed E-state index contributed by atoms with van der Waals surface area (Å²) >= 11 is 0. The Balaban J connectivity index is 1.87. The van der Waals surface area contributed by atoms with Crippen molar-refractivity contribution in [2.45, 2.75) is 32.2 Å². The van der Waals surface area contributed by atoms with Gasteiger partial charge in [0, 0.05) is 51.5 Å². The molecule has 0 aromatic rings. The zero-order valence-electron chi connectivity index (χ0n) is 12.8. The van der Waals surface area contributed by atoms with E-state index in [0.29, 0.717) is 13.1 Å². The first-order chi connectivity index (χ1) is 10.2. The number of likely N-dealkylation sites (tertiary alicyclic amines) is 1. The quantitative estimate of drug-likeness (QED) is 0.617. The van der Waals surface area contributed by atoms with Crippen molar-refractivity contribution < 1.29 is 22.8 Å². The van der Waals surface area contributed by atoms with Gasteiger partial charge in [0.2, 0.25) is 27.7 Å². The van der Waals surface area contributed by atoms with Crippen LogP contribution < -0.4 is 0 Å². The maximum Gasteiger partial charge on any atom is 0.229 e. The maximum absolute atomic E-state index is 12.2. The van der Waals surface area contributed by atoms with Gasteiger partial charge in [-0.1, -0.05) is 0 Å². The number of sulfonamides is 1. The molecule has 0 bridgehead atoms. The van der Waals surface area contributed by atoms with Gasteiger partial charge in [-0.05, 0) is 6.92 Å². The van der Waals surface area contributed by atoms with Gasteiger partial charge >= 0.3 is 0 Å². The summed E-state index contributed by atoms with van der Waals surface area (Å²) < 4.78 is 24.6. The number of nitrogens with zero attached hydrogens (tertiary/aromatic N) is 3. The first-order valence-corrected chi connectivity index (χ1v) is 9.13. The van der Waals surface area contributed by atoms with Gasteiger partial charge in [-0.3, -0.25) is 19.3 Å². The minimum atomic E-state index is -3.27. The molecule has 0 spiro atoms. The second kappa shape index (κ2) is 6.33. The van der Waals surface area contributed by atoms with Gasteiger partial charge in [0.1, 0.15) is 0 Å². The van der Waals surface area contributed by atoms with Crippen molar-refractivity contribution in [2.75, 3.05) is 32.4 Å². The van der Waals surface area contributed by atoms with E-state index in [1.807, 2.05) is 0 Å². The van der Waals surface area contributed by atoms with E-state index < -0.39 is 10.0 Å². The van der Waals surface area contributed by atoms with Gasteiger partial charge in [-0.15, -0.1) is 0 Å². The van der Waals surface area contributed by atoms with E-state index in [1.54, 1.807) is 11.8 Å². The van der Waals surface area contributed by atoms with E-state index in [9.17, 15) is 22.8 Å². The highest BCUT2D eigenvalue weighted by Gasteiger charge is 2.33. The Labute approximate surface area is 130 Å². The number of hydrogen-bond donors (Lipinski definition) is 0. The largest absolute Gasteiger partial charge is 0.340 e. The fraction of sp³-hybridized carbons (Fsp3) is 0.769. The lowest BCUT2D eigenvalue weighted by molar-refractivity contribution is -0.139. The van der Waals surface area contributed by atoms with E-state index in [2.05, 4.69) is 0 Å². The summed E-state index contributed by atoms with van der Waals surface area (Å²) in [5.41, 5.74) is 0. The van der Waals surface area contributed by atoms with Crippen LogP contribution in [-0.4, -0.2) is 78.7 Å². The monoisotopic (exact) mass is 331 g/mol. The van der Waals surface area contributed by atoms with Gasteiger partial charge < -0.3 is 4.90 Å². The van der Waals surface area contributed by atoms with E-state index in [1.165, 1.54) is 4.31 Å². The van der Waals surface area contributed by atoms with Crippen LogP contribution in [0.1, 0.15) is 26.2 Å². The molecule has 2 rings (SSSR count). The van der Waals surface area contributed by atoms with Crippen LogP contribution in [0.5, 0.6) is 0 Å². The molecule has 3 amide bonds. The van der Waals surface area contributed by atoms with E-state index >= 15 is 0 Å². The van der Waals surface area contributed by atoms with Gasteiger partial charge in [0.25, 0.3) is 0 Å². The van der Waals surface area contributed by atoms with Crippen LogP contribution in [0.15, 0.2) is 0 Å². The third kappa shape index (κ3) is 3.64. The lowest BCUT2D eigenvalue weighted by atomic mass is 10.2. The molecule has 0 aromatic carbocycles. The van der Waals surface area contributed by atoms with Crippen LogP contribution in [0.2, 0.25) is 0 Å². The molecule has 9 heteroatoms. The first-order valence-electron chi connectivity index (χ1n) is 7.28. The number of imide groups is 1. The highest BCUT2D eigenvalue weighted by atomic mass is 32.2. The molecule has 0 saturated carbocycles. The van der Waals surface area contributed by atoms with Gasteiger partial charge in [0.15, 0.2) is 0 Å². The average molecular weight is 331 g/mol. The van der Waals surface area contributed by atoms with Gasteiger partial charge in [-0.25, -0.2) is 8.42 Å². The summed E-state index contributed by atoms with van der Waals surface area (Å²) in [7, 11) is -3.27. The third-order valence-electron chi connectivity index (χ3n) is 4.05. The Morgan fingerprint density at radius 1 is 1.18 bits per heavy atom. The van der Waals surface area contributed by atoms with Crippen LogP contribution in [0.4, 0.5) is 0 Å². The Morgan fingerprint density at radius 3 is 2.27 bits per heavy atom. The van der Waals surface area contributed by atoms with Gasteiger partial charge in [-0.2, -0.15) is 4.31 Å². The molecular weight excluding hydrogens is 310 g/mol. The summed E-state index contributed by atoms with van der Waals surface area (Å²) in [6.07, 6.45) is 1.68. The lowest BCUT2D eigenvalue weighted by Crippen LogP contribution is -2.55. The summed E-state index contributed by atoms with van der Waals surface area (Å²) in [6, 6.07) is -0.275. The molecule has 8 nitrogen and oxygen atoms in total. The number of rotatable bonds is 4. The first kappa shape index (κ1) is 16.9. The smallest absolute Gasteiger partial charge is 0.229 e. The van der Waals surface area contributed by atoms with Crippen molar-refractivity contribution in [1.82, 2.24) is 14.1 Å². The minimum Gasteiger partial charge on any atom is -0.340 e. The maximum atomic E-state index is 12.2. The summed E-state index contributed by atoms with van der Waals surface area (Å²) in [5.74, 6) is -0.617. The molecule has 124 valence electrons. The standard InChI is InChI=1S/C13H21N3O5S/c1-10-9-14(7-8-16(10)22(2,20)21)11(17)5-6-15-12(18)3-4-13(15)19/h10H,3-9H2,1-2H3/t10-/m0/s1. The third-order valence-corrected chi connectivity index (χ3v) is 5.44. The van der Waals surface area contributed by atoms with Crippen molar-refractivity contribution in [2.24, 2.45) is 0 Å². The summed E-state index contributed by atoms with van der Waals surface area (Å²) in [5, 5.41) is 0. The second-order valence-corrected chi connectivity index (χ2v) is 7.69. The van der Waals surface area contributed by atoms with Crippen LogP contribution in [0, 0.1) is 0 Å². The Kier molecular flexibility index (Phi) is 4.86. The van der Waals surface area contributed by atoms with Crippen molar-refractivity contribution in [3.05, 3.63) is 0 Å². The molecule has 0 aliphatic carbocycles. The zero-order chi connectivity index (χ0) is 16.5. The highest BCUT2D eigenvalue weighted by Crippen LogP contribution is 2.16. The Hall–Kier alpha value is -1.48. The molecule has 0 radical (unpaired) electrons. The molecule has 2 aliphatic rings. The molecule has 0 unspecified atom stereocenters. The molecule has 22 heavy (non-hydrogen) atoms. The number of carbonyl (C=O) groups excluding carboxylic acids is 3. The Bertz CT molecular complexity index is 572. The minimum absolute atomic E-state index is 0.0864. The average Bonchev–Trinajstić information content (AvgIpc) is 2.74. The predicted molar refractivity (Wildman–Crippen MR) is 78.2 cm³/mol. The van der Waals surface area contributed by atoms with Gasteiger partial charge in [0.05, 0.1) is 6.26 Å². The topological polar surface area (TPSA) is 95.1 Å². The molecule has 2 aliphatic heterocycles. The molecule has 0 aromatic heterocycles. The lowest BCUT2D eigenvalue weighted by Gasteiger charge is -2.38. The van der Waals surface area contributed by atoms with E-state index in [4.69, 9.17) is 0 Å². The molecule has 1 atom stereocenters. The molecule has 2 heterocycles. The molecule has 0 N–H and O–H groups in total. The van der Waals surface area contributed by atoms with Crippen molar-refractivity contribution in [3.8, 4) is 0 Å². The van der Waals surface area contributed by atoms with Crippen LogP contribution in [-0.2, 0) is 24.4 Å². The number of amides is 3.